The molecule has 0 bridgehead atoms. The summed E-state index contributed by atoms with van der Waals surface area (Å²) in [5.74, 6) is 1.16. The second-order valence-electron chi connectivity index (χ2n) is 5.81. The fourth-order valence-electron chi connectivity index (χ4n) is 3.02. The van der Waals surface area contributed by atoms with Crippen LogP contribution in [0.2, 0.25) is 0 Å². The van der Waals surface area contributed by atoms with Gasteiger partial charge in [-0.15, -0.1) is 0 Å². The standard InChI is InChI=1S/C14H21N5O/c1-9-11(10(2)19(3)17-9)12-16-13(18-20-12)14(15)7-5-4-6-8-14/h4-8,15H2,1-3H3. The van der Waals surface area contributed by atoms with Gasteiger partial charge in [0.05, 0.1) is 16.8 Å². The molecule has 1 fully saturated rings. The van der Waals surface area contributed by atoms with E-state index in [1.807, 2.05) is 25.6 Å². The van der Waals surface area contributed by atoms with Crippen molar-refractivity contribution in [2.45, 2.75) is 51.5 Å². The summed E-state index contributed by atoms with van der Waals surface area (Å²) in [5, 5.41) is 8.52. The van der Waals surface area contributed by atoms with Crippen LogP contribution in [0.25, 0.3) is 11.5 Å². The van der Waals surface area contributed by atoms with Crippen molar-refractivity contribution in [2.75, 3.05) is 0 Å². The van der Waals surface area contributed by atoms with Gasteiger partial charge >= 0.3 is 0 Å². The minimum absolute atomic E-state index is 0.427. The monoisotopic (exact) mass is 275 g/mol. The summed E-state index contributed by atoms with van der Waals surface area (Å²) in [4.78, 5) is 4.55. The van der Waals surface area contributed by atoms with Crippen LogP contribution in [0.15, 0.2) is 4.52 Å². The molecule has 6 heteroatoms. The minimum atomic E-state index is -0.427. The number of nitrogens with two attached hydrogens (primary N) is 1. The van der Waals surface area contributed by atoms with Gasteiger partial charge in [-0.05, 0) is 26.7 Å². The molecule has 108 valence electrons. The van der Waals surface area contributed by atoms with Gasteiger partial charge in [-0.25, -0.2) is 0 Å². The highest BCUT2D eigenvalue weighted by atomic mass is 16.5. The van der Waals surface area contributed by atoms with Gasteiger partial charge in [0.1, 0.15) is 0 Å². The quantitative estimate of drug-likeness (QED) is 0.908. The Morgan fingerprint density at radius 1 is 1.20 bits per heavy atom. The minimum Gasteiger partial charge on any atom is -0.334 e. The lowest BCUT2D eigenvalue weighted by molar-refractivity contribution is 0.275. The highest BCUT2D eigenvalue weighted by Gasteiger charge is 2.34. The van der Waals surface area contributed by atoms with Gasteiger partial charge in [0, 0.05) is 12.7 Å². The van der Waals surface area contributed by atoms with E-state index in [4.69, 9.17) is 10.3 Å². The summed E-state index contributed by atoms with van der Waals surface area (Å²) >= 11 is 0. The fraction of sp³-hybridized carbons (Fsp3) is 0.643. The Labute approximate surface area is 118 Å². The van der Waals surface area contributed by atoms with Crippen molar-refractivity contribution >= 4 is 0 Å². The van der Waals surface area contributed by atoms with E-state index >= 15 is 0 Å². The lowest BCUT2D eigenvalue weighted by Gasteiger charge is -2.29. The van der Waals surface area contributed by atoms with Crippen LogP contribution < -0.4 is 5.73 Å². The molecule has 2 N–H and O–H groups in total. The molecule has 1 saturated carbocycles. The van der Waals surface area contributed by atoms with Crippen molar-refractivity contribution in [3.8, 4) is 11.5 Å². The normalized spacial score (nSPS) is 18.4. The van der Waals surface area contributed by atoms with Crippen molar-refractivity contribution in [1.82, 2.24) is 19.9 Å². The smallest absolute Gasteiger partial charge is 0.261 e. The number of aryl methyl sites for hydroxylation is 2. The van der Waals surface area contributed by atoms with Gasteiger partial charge in [0.2, 0.25) is 0 Å². The van der Waals surface area contributed by atoms with E-state index in [1.165, 1.54) is 6.42 Å². The van der Waals surface area contributed by atoms with E-state index in [9.17, 15) is 0 Å². The molecule has 0 aromatic carbocycles. The summed E-state index contributed by atoms with van der Waals surface area (Å²) in [6, 6.07) is 0. The maximum Gasteiger partial charge on any atom is 0.261 e. The molecule has 0 radical (unpaired) electrons. The molecule has 20 heavy (non-hydrogen) atoms. The number of hydrogen-bond donors (Lipinski definition) is 1. The summed E-state index contributed by atoms with van der Waals surface area (Å²) in [6.45, 7) is 3.95. The average Bonchev–Trinajstić information content (AvgIpc) is 2.97. The molecule has 0 atom stereocenters. The zero-order valence-electron chi connectivity index (χ0n) is 12.3. The molecular weight excluding hydrogens is 254 g/mol. The van der Waals surface area contributed by atoms with Crippen LogP contribution in [0.4, 0.5) is 0 Å². The van der Waals surface area contributed by atoms with Crippen LogP contribution >= 0.6 is 0 Å². The van der Waals surface area contributed by atoms with Crippen LogP contribution in [0.5, 0.6) is 0 Å². The molecule has 0 aliphatic heterocycles. The highest BCUT2D eigenvalue weighted by molar-refractivity contribution is 5.59. The first-order valence-corrected chi connectivity index (χ1v) is 7.15. The van der Waals surface area contributed by atoms with E-state index in [1.54, 1.807) is 0 Å². The largest absolute Gasteiger partial charge is 0.334 e. The van der Waals surface area contributed by atoms with Crippen molar-refractivity contribution in [1.29, 1.82) is 0 Å². The van der Waals surface area contributed by atoms with Gasteiger partial charge in [-0.1, -0.05) is 24.4 Å². The maximum atomic E-state index is 6.45. The summed E-state index contributed by atoms with van der Waals surface area (Å²) in [5.41, 5.74) is 8.86. The van der Waals surface area contributed by atoms with Crippen molar-refractivity contribution in [2.24, 2.45) is 12.8 Å². The first kappa shape index (κ1) is 13.3. The van der Waals surface area contributed by atoms with Gasteiger partial charge in [0.25, 0.3) is 5.89 Å². The number of nitrogens with zero attached hydrogens (tertiary/aromatic N) is 4. The Kier molecular flexibility index (Phi) is 3.12. The predicted octanol–water partition coefficient (Wildman–Crippen LogP) is 2.21. The van der Waals surface area contributed by atoms with Crippen LogP contribution in [0, 0.1) is 13.8 Å². The molecule has 0 unspecified atom stereocenters. The summed E-state index contributed by atoms with van der Waals surface area (Å²) < 4.78 is 7.28. The van der Waals surface area contributed by atoms with E-state index < -0.39 is 5.54 Å². The first-order chi connectivity index (χ1) is 9.51. The van der Waals surface area contributed by atoms with Gasteiger partial charge in [-0.2, -0.15) is 10.1 Å². The van der Waals surface area contributed by atoms with Gasteiger partial charge in [0.15, 0.2) is 5.82 Å². The average molecular weight is 275 g/mol. The van der Waals surface area contributed by atoms with E-state index in [-0.39, 0.29) is 0 Å². The Hall–Kier alpha value is -1.69. The van der Waals surface area contributed by atoms with E-state index in [0.29, 0.717) is 11.7 Å². The van der Waals surface area contributed by atoms with Gasteiger partial charge < -0.3 is 10.3 Å². The van der Waals surface area contributed by atoms with Crippen molar-refractivity contribution in [3.05, 3.63) is 17.2 Å². The number of hydrogen-bond acceptors (Lipinski definition) is 5. The molecule has 2 aromatic rings. The van der Waals surface area contributed by atoms with Crippen LogP contribution in [0.3, 0.4) is 0 Å². The zero-order chi connectivity index (χ0) is 14.3. The third kappa shape index (κ3) is 2.04. The zero-order valence-corrected chi connectivity index (χ0v) is 12.3. The predicted molar refractivity (Wildman–Crippen MR) is 74.9 cm³/mol. The van der Waals surface area contributed by atoms with Crippen LogP contribution in [-0.4, -0.2) is 19.9 Å². The molecule has 2 heterocycles. The molecule has 0 saturated heterocycles. The SMILES string of the molecule is Cc1nn(C)c(C)c1-c1nc(C2(N)CCCCC2)no1. The topological polar surface area (TPSA) is 82.8 Å². The lowest BCUT2D eigenvalue weighted by atomic mass is 9.82. The second kappa shape index (κ2) is 4.70. The molecule has 1 aliphatic carbocycles. The molecule has 1 aliphatic rings. The first-order valence-electron chi connectivity index (χ1n) is 7.15. The Bertz CT molecular complexity index is 622. The van der Waals surface area contributed by atoms with E-state index in [0.717, 1.165) is 42.6 Å². The van der Waals surface area contributed by atoms with Gasteiger partial charge in [-0.3, -0.25) is 4.68 Å². The lowest BCUT2D eigenvalue weighted by Crippen LogP contribution is -2.39. The maximum absolute atomic E-state index is 6.45. The molecule has 3 rings (SSSR count). The fourth-order valence-corrected chi connectivity index (χ4v) is 3.02. The third-order valence-corrected chi connectivity index (χ3v) is 4.34. The number of rotatable bonds is 2. The second-order valence-corrected chi connectivity index (χ2v) is 5.81. The third-order valence-electron chi connectivity index (χ3n) is 4.34. The Morgan fingerprint density at radius 2 is 1.90 bits per heavy atom. The van der Waals surface area contributed by atoms with Crippen LogP contribution in [-0.2, 0) is 12.6 Å². The Morgan fingerprint density at radius 3 is 2.50 bits per heavy atom. The number of aromatic nitrogens is 4. The van der Waals surface area contributed by atoms with Crippen LogP contribution in [0.1, 0.15) is 49.3 Å². The molecule has 6 nitrogen and oxygen atoms in total. The molecule has 0 spiro atoms. The highest BCUT2D eigenvalue weighted by Crippen LogP contribution is 2.34. The van der Waals surface area contributed by atoms with Crippen molar-refractivity contribution in [3.63, 3.8) is 0 Å². The summed E-state index contributed by atoms with van der Waals surface area (Å²) in [7, 11) is 1.91. The van der Waals surface area contributed by atoms with E-state index in [2.05, 4.69) is 15.2 Å². The molecular formula is C14H21N5O. The van der Waals surface area contributed by atoms with Crippen molar-refractivity contribution < 1.29 is 4.52 Å². The molecule has 0 amide bonds. The summed E-state index contributed by atoms with van der Waals surface area (Å²) in [6.07, 6.45) is 5.36. The molecule has 2 aromatic heterocycles. The Balaban J connectivity index is 1.98.